The highest BCUT2D eigenvalue weighted by Gasteiger charge is 2.17. The SMILES string of the molecule is COC(=O)CCN(C)S(=O)(=O)NCCOCCC(C)C. The lowest BCUT2D eigenvalue weighted by Gasteiger charge is -2.17. The van der Waals surface area contributed by atoms with E-state index in [9.17, 15) is 13.2 Å². The van der Waals surface area contributed by atoms with E-state index >= 15 is 0 Å². The molecule has 7 nitrogen and oxygen atoms in total. The zero-order chi connectivity index (χ0) is 15.6. The zero-order valence-electron chi connectivity index (χ0n) is 12.7. The minimum Gasteiger partial charge on any atom is -0.469 e. The molecule has 0 radical (unpaired) electrons. The van der Waals surface area contributed by atoms with Crippen molar-refractivity contribution in [2.75, 3.05) is 40.5 Å². The smallest absolute Gasteiger partial charge is 0.306 e. The van der Waals surface area contributed by atoms with Crippen LogP contribution in [0.15, 0.2) is 0 Å². The van der Waals surface area contributed by atoms with Gasteiger partial charge in [0.05, 0.1) is 20.1 Å². The molecule has 0 unspecified atom stereocenters. The Hall–Kier alpha value is -0.700. The molecule has 0 rings (SSSR count). The predicted molar refractivity (Wildman–Crippen MR) is 76.5 cm³/mol. The molecule has 120 valence electrons. The van der Waals surface area contributed by atoms with E-state index < -0.39 is 16.2 Å². The summed E-state index contributed by atoms with van der Waals surface area (Å²) < 4.78 is 36.8. The fourth-order valence-corrected chi connectivity index (χ4v) is 2.14. The maximum atomic E-state index is 11.8. The van der Waals surface area contributed by atoms with Crippen LogP contribution in [0.1, 0.15) is 26.7 Å². The van der Waals surface area contributed by atoms with E-state index in [1.807, 2.05) is 0 Å². The van der Waals surface area contributed by atoms with Crippen LogP contribution in [0, 0.1) is 5.92 Å². The summed E-state index contributed by atoms with van der Waals surface area (Å²) in [6.07, 6.45) is 0.977. The van der Waals surface area contributed by atoms with Gasteiger partial charge in [0.1, 0.15) is 0 Å². The number of ether oxygens (including phenoxy) is 2. The first kappa shape index (κ1) is 19.3. The third-order valence-electron chi connectivity index (χ3n) is 2.64. The summed E-state index contributed by atoms with van der Waals surface area (Å²) in [4.78, 5) is 10.9. The van der Waals surface area contributed by atoms with Crippen molar-refractivity contribution in [1.29, 1.82) is 0 Å². The van der Waals surface area contributed by atoms with E-state index in [0.717, 1.165) is 10.7 Å². The summed E-state index contributed by atoms with van der Waals surface area (Å²) in [5, 5.41) is 0. The van der Waals surface area contributed by atoms with Crippen LogP contribution in [0.25, 0.3) is 0 Å². The highest BCUT2D eigenvalue weighted by molar-refractivity contribution is 7.87. The molecular formula is C12H26N2O5S. The lowest BCUT2D eigenvalue weighted by molar-refractivity contribution is -0.140. The monoisotopic (exact) mass is 310 g/mol. The Morgan fingerprint density at radius 1 is 1.30 bits per heavy atom. The van der Waals surface area contributed by atoms with Crippen LogP contribution in [0.3, 0.4) is 0 Å². The van der Waals surface area contributed by atoms with Crippen molar-refractivity contribution < 1.29 is 22.7 Å². The maximum Gasteiger partial charge on any atom is 0.306 e. The molecule has 0 aromatic rings. The number of nitrogens with zero attached hydrogens (tertiary/aromatic N) is 1. The second-order valence-electron chi connectivity index (χ2n) is 4.84. The minimum absolute atomic E-state index is 0.0266. The Labute approximate surface area is 121 Å². The number of rotatable bonds is 11. The summed E-state index contributed by atoms with van der Waals surface area (Å²) in [5.41, 5.74) is 0. The Balaban J connectivity index is 3.85. The van der Waals surface area contributed by atoms with Gasteiger partial charge in [0, 0.05) is 26.7 Å². The number of nitrogens with one attached hydrogen (secondary N) is 1. The molecule has 0 aromatic heterocycles. The van der Waals surface area contributed by atoms with E-state index in [4.69, 9.17) is 4.74 Å². The largest absolute Gasteiger partial charge is 0.469 e. The lowest BCUT2D eigenvalue weighted by Crippen LogP contribution is -2.40. The summed E-state index contributed by atoms with van der Waals surface area (Å²) in [5.74, 6) is 0.125. The third kappa shape index (κ3) is 9.24. The topological polar surface area (TPSA) is 84.9 Å². The normalized spacial score (nSPS) is 12.1. The van der Waals surface area contributed by atoms with Crippen molar-refractivity contribution in [3.63, 3.8) is 0 Å². The molecule has 0 aliphatic heterocycles. The molecule has 0 amide bonds. The molecule has 8 heteroatoms. The first-order valence-electron chi connectivity index (χ1n) is 6.65. The van der Waals surface area contributed by atoms with Crippen LogP contribution < -0.4 is 4.72 Å². The number of hydrogen-bond acceptors (Lipinski definition) is 5. The summed E-state index contributed by atoms with van der Waals surface area (Å²) in [6, 6.07) is 0. The van der Waals surface area contributed by atoms with Crippen molar-refractivity contribution in [2.45, 2.75) is 26.7 Å². The lowest BCUT2D eigenvalue weighted by atomic mass is 10.1. The Kier molecular flexibility index (Phi) is 9.74. The first-order valence-corrected chi connectivity index (χ1v) is 8.09. The van der Waals surface area contributed by atoms with Gasteiger partial charge in [-0.3, -0.25) is 4.79 Å². The molecule has 0 aliphatic rings. The average Bonchev–Trinajstić information content (AvgIpc) is 2.38. The third-order valence-corrected chi connectivity index (χ3v) is 4.21. The van der Waals surface area contributed by atoms with Crippen LogP contribution in [0.2, 0.25) is 0 Å². The van der Waals surface area contributed by atoms with Gasteiger partial charge in [-0.25, -0.2) is 0 Å². The Morgan fingerprint density at radius 2 is 1.95 bits per heavy atom. The quantitative estimate of drug-likeness (QED) is 0.440. The molecule has 0 heterocycles. The zero-order valence-corrected chi connectivity index (χ0v) is 13.5. The molecule has 0 saturated heterocycles. The van der Waals surface area contributed by atoms with E-state index in [-0.39, 0.29) is 19.5 Å². The highest BCUT2D eigenvalue weighted by atomic mass is 32.2. The molecule has 0 saturated carbocycles. The van der Waals surface area contributed by atoms with Crippen molar-refractivity contribution in [3.05, 3.63) is 0 Å². The fourth-order valence-electron chi connectivity index (χ4n) is 1.25. The number of carbonyl (C=O) groups excluding carboxylic acids is 1. The predicted octanol–water partition coefficient (Wildman–Crippen LogP) is 0.378. The van der Waals surface area contributed by atoms with Crippen LogP contribution in [-0.4, -0.2) is 59.2 Å². The van der Waals surface area contributed by atoms with Crippen molar-refractivity contribution in [3.8, 4) is 0 Å². The number of methoxy groups -OCH3 is 1. The molecule has 0 spiro atoms. The van der Waals surface area contributed by atoms with Gasteiger partial charge in [0.2, 0.25) is 0 Å². The van der Waals surface area contributed by atoms with Gasteiger partial charge in [-0.15, -0.1) is 0 Å². The van der Waals surface area contributed by atoms with Crippen molar-refractivity contribution in [2.24, 2.45) is 5.92 Å². The van der Waals surface area contributed by atoms with Crippen LogP contribution in [-0.2, 0) is 24.5 Å². The standard InChI is InChI=1S/C12H26N2O5S/c1-11(2)6-9-19-10-7-13-20(16,17)14(3)8-5-12(15)18-4/h11,13H,5-10H2,1-4H3. The van der Waals surface area contributed by atoms with Crippen molar-refractivity contribution in [1.82, 2.24) is 9.03 Å². The van der Waals surface area contributed by atoms with Crippen LogP contribution in [0.5, 0.6) is 0 Å². The fraction of sp³-hybridized carbons (Fsp3) is 0.917. The van der Waals surface area contributed by atoms with Gasteiger partial charge >= 0.3 is 5.97 Å². The summed E-state index contributed by atoms with van der Waals surface area (Å²) in [6.45, 7) is 5.44. The summed E-state index contributed by atoms with van der Waals surface area (Å²) in [7, 11) is -0.897. The number of carbonyl (C=O) groups is 1. The van der Waals surface area contributed by atoms with E-state index in [1.54, 1.807) is 0 Å². The van der Waals surface area contributed by atoms with Gasteiger partial charge in [0.25, 0.3) is 10.2 Å². The van der Waals surface area contributed by atoms with Gasteiger partial charge in [-0.1, -0.05) is 13.8 Å². The molecule has 0 atom stereocenters. The summed E-state index contributed by atoms with van der Waals surface area (Å²) >= 11 is 0. The van der Waals surface area contributed by atoms with Crippen molar-refractivity contribution >= 4 is 16.2 Å². The molecule has 0 bridgehead atoms. The molecular weight excluding hydrogens is 284 g/mol. The highest BCUT2D eigenvalue weighted by Crippen LogP contribution is 1.99. The van der Waals surface area contributed by atoms with Gasteiger partial charge in [0.15, 0.2) is 0 Å². The van der Waals surface area contributed by atoms with E-state index in [2.05, 4.69) is 23.3 Å². The van der Waals surface area contributed by atoms with Crippen LogP contribution >= 0.6 is 0 Å². The second-order valence-corrected chi connectivity index (χ2v) is 6.70. The maximum absolute atomic E-state index is 11.8. The molecule has 20 heavy (non-hydrogen) atoms. The number of esters is 1. The van der Waals surface area contributed by atoms with Gasteiger partial charge in [-0.2, -0.15) is 17.4 Å². The van der Waals surface area contributed by atoms with Gasteiger partial charge in [-0.05, 0) is 12.3 Å². The first-order chi connectivity index (χ1) is 9.29. The minimum atomic E-state index is -3.57. The molecule has 1 N–H and O–H groups in total. The van der Waals surface area contributed by atoms with Gasteiger partial charge < -0.3 is 9.47 Å². The Morgan fingerprint density at radius 3 is 2.50 bits per heavy atom. The number of hydrogen-bond donors (Lipinski definition) is 1. The van der Waals surface area contributed by atoms with Crippen LogP contribution in [0.4, 0.5) is 0 Å². The molecule has 0 aromatic carbocycles. The molecule has 0 fully saturated rings. The Bertz CT molecular complexity index is 370. The van der Waals surface area contributed by atoms with E-state index in [1.165, 1.54) is 14.2 Å². The second kappa shape index (κ2) is 10.1. The van der Waals surface area contributed by atoms with E-state index in [0.29, 0.717) is 19.1 Å². The molecule has 0 aliphatic carbocycles. The average molecular weight is 310 g/mol.